The summed E-state index contributed by atoms with van der Waals surface area (Å²) in [6.45, 7) is 3.47. The molecule has 3 nitrogen and oxygen atoms in total. The second-order valence-corrected chi connectivity index (χ2v) is 5.07. The number of pyridine rings is 1. The summed E-state index contributed by atoms with van der Waals surface area (Å²) in [6, 6.07) is 1.53. The molecule has 1 aliphatic carbocycles. The van der Waals surface area contributed by atoms with E-state index in [4.69, 9.17) is 23.2 Å². The Morgan fingerprint density at radius 2 is 2.24 bits per heavy atom. The van der Waals surface area contributed by atoms with Crippen LogP contribution in [0.2, 0.25) is 10.2 Å². The Kier molecular flexibility index (Phi) is 3.89. The average molecular weight is 273 g/mol. The summed E-state index contributed by atoms with van der Waals surface area (Å²) in [5.74, 6) is 0.601. The highest BCUT2D eigenvalue weighted by molar-refractivity contribution is 6.35. The molecule has 0 aliphatic heterocycles. The van der Waals surface area contributed by atoms with Gasteiger partial charge in [0.1, 0.15) is 5.15 Å². The van der Waals surface area contributed by atoms with E-state index in [-0.39, 0.29) is 5.91 Å². The zero-order valence-electron chi connectivity index (χ0n) is 9.62. The number of nitrogens with zero attached hydrogens (tertiary/aromatic N) is 2. The Hall–Kier alpha value is -0.800. The highest BCUT2D eigenvalue weighted by Crippen LogP contribution is 2.30. The second-order valence-electron chi connectivity index (χ2n) is 4.27. The maximum absolute atomic E-state index is 12.3. The fourth-order valence-electron chi connectivity index (χ4n) is 1.72. The van der Waals surface area contributed by atoms with Crippen LogP contribution in [0.1, 0.15) is 30.1 Å². The fraction of sp³-hybridized carbons (Fsp3) is 0.500. The van der Waals surface area contributed by atoms with Crippen molar-refractivity contribution in [2.45, 2.75) is 19.8 Å². The molecule has 0 saturated heterocycles. The minimum absolute atomic E-state index is 0.0614. The van der Waals surface area contributed by atoms with Gasteiger partial charge in [0.05, 0.1) is 10.6 Å². The number of carbonyl (C=O) groups excluding carboxylic acids is 1. The molecule has 1 amide bonds. The molecule has 17 heavy (non-hydrogen) atoms. The highest BCUT2D eigenvalue weighted by Gasteiger charge is 2.27. The van der Waals surface area contributed by atoms with Crippen LogP contribution < -0.4 is 0 Å². The Balaban J connectivity index is 2.18. The van der Waals surface area contributed by atoms with Gasteiger partial charge in [0.2, 0.25) is 0 Å². The summed E-state index contributed by atoms with van der Waals surface area (Å²) >= 11 is 11.8. The average Bonchev–Trinajstić information content (AvgIpc) is 3.12. The van der Waals surface area contributed by atoms with E-state index in [1.165, 1.54) is 25.1 Å². The van der Waals surface area contributed by atoms with E-state index in [1.54, 1.807) is 0 Å². The number of rotatable bonds is 4. The van der Waals surface area contributed by atoms with Gasteiger partial charge >= 0.3 is 0 Å². The quantitative estimate of drug-likeness (QED) is 0.789. The molecule has 0 unspecified atom stereocenters. The molecule has 0 atom stereocenters. The number of aromatic nitrogens is 1. The third kappa shape index (κ3) is 3.11. The molecular formula is C12H14Cl2N2O. The summed E-state index contributed by atoms with van der Waals surface area (Å²) in [5, 5.41) is 0.647. The van der Waals surface area contributed by atoms with E-state index < -0.39 is 0 Å². The third-order valence-electron chi connectivity index (χ3n) is 2.90. The van der Waals surface area contributed by atoms with Crippen molar-refractivity contribution in [3.8, 4) is 0 Å². The molecule has 1 saturated carbocycles. The first-order valence-electron chi connectivity index (χ1n) is 5.72. The van der Waals surface area contributed by atoms with Gasteiger partial charge in [0.25, 0.3) is 5.91 Å². The molecule has 2 rings (SSSR count). The molecule has 0 aromatic carbocycles. The maximum atomic E-state index is 12.3. The monoisotopic (exact) mass is 272 g/mol. The van der Waals surface area contributed by atoms with Crippen LogP contribution in [0.5, 0.6) is 0 Å². The van der Waals surface area contributed by atoms with E-state index >= 15 is 0 Å². The van der Waals surface area contributed by atoms with Crippen LogP contribution >= 0.6 is 23.2 Å². The molecule has 0 bridgehead atoms. The summed E-state index contributed by atoms with van der Waals surface area (Å²) < 4.78 is 0. The van der Waals surface area contributed by atoms with Gasteiger partial charge in [-0.25, -0.2) is 4.98 Å². The SMILES string of the molecule is CCN(CC1CC1)C(=O)c1cc(Cl)ncc1Cl. The number of hydrogen-bond donors (Lipinski definition) is 0. The van der Waals surface area contributed by atoms with Crippen molar-refractivity contribution < 1.29 is 4.79 Å². The number of hydrogen-bond acceptors (Lipinski definition) is 2. The maximum Gasteiger partial charge on any atom is 0.255 e. The summed E-state index contributed by atoms with van der Waals surface area (Å²) in [5.41, 5.74) is 0.439. The summed E-state index contributed by atoms with van der Waals surface area (Å²) in [6.07, 6.45) is 3.85. The molecule has 1 heterocycles. The predicted octanol–water partition coefficient (Wildman–Crippen LogP) is 3.26. The van der Waals surface area contributed by atoms with E-state index in [2.05, 4.69) is 4.98 Å². The van der Waals surface area contributed by atoms with Crippen molar-refractivity contribution in [2.75, 3.05) is 13.1 Å². The lowest BCUT2D eigenvalue weighted by Crippen LogP contribution is -2.32. The van der Waals surface area contributed by atoms with Gasteiger partial charge < -0.3 is 4.90 Å². The van der Waals surface area contributed by atoms with E-state index in [9.17, 15) is 4.79 Å². The first-order chi connectivity index (χ1) is 8.11. The van der Waals surface area contributed by atoms with Crippen LogP contribution in [-0.4, -0.2) is 28.9 Å². The van der Waals surface area contributed by atoms with Crippen molar-refractivity contribution in [3.05, 3.63) is 28.0 Å². The van der Waals surface area contributed by atoms with Gasteiger partial charge in [-0.1, -0.05) is 23.2 Å². The molecule has 0 radical (unpaired) electrons. The van der Waals surface area contributed by atoms with Gasteiger partial charge in [0.15, 0.2) is 0 Å². The minimum Gasteiger partial charge on any atom is -0.339 e. The van der Waals surface area contributed by atoms with Gasteiger partial charge in [-0.2, -0.15) is 0 Å². The smallest absolute Gasteiger partial charge is 0.255 e. The largest absolute Gasteiger partial charge is 0.339 e. The topological polar surface area (TPSA) is 33.2 Å². The second kappa shape index (κ2) is 5.23. The molecule has 1 fully saturated rings. The third-order valence-corrected chi connectivity index (χ3v) is 3.40. The molecule has 0 spiro atoms. The number of halogens is 2. The zero-order chi connectivity index (χ0) is 12.4. The first-order valence-corrected chi connectivity index (χ1v) is 6.47. The van der Waals surface area contributed by atoms with Gasteiger partial charge in [-0.05, 0) is 31.7 Å². The first kappa shape index (κ1) is 12.7. The van der Waals surface area contributed by atoms with Crippen molar-refractivity contribution >= 4 is 29.1 Å². The molecular weight excluding hydrogens is 259 g/mol. The van der Waals surface area contributed by atoms with Crippen LogP contribution in [0.3, 0.4) is 0 Å². The van der Waals surface area contributed by atoms with Crippen LogP contribution in [0, 0.1) is 5.92 Å². The molecule has 92 valence electrons. The molecule has 1 aromatic heterocycles. The lowest BCUT2D eigenvalue weighted by atomic mass is 10.2. The highest BCUT2D eigenvalue weighted by atomic mass is 35.5. The zero-order valence-corrected chi connectivity index (χ0v) is 11.1. The van der Waals surface area contributed by atoms with Gasteiger partial charge in [0, 0.05) is 19.3 Å². The minimum atomic E-state index is -0.0614. The summed E-state index contributed by atoms with van der Waals surface area (Å²) in [4.78, 5) is 17.9. The Morgan fingerprint density at radius 3 is 2.82 bits per heavy atom. The fourth-order valence-corrected chi connectivity index (χ4v) is 2.06. The Morgan fingerprint density at radius 1 is 1.53 bits per heavy atom. The summed E-state index contributed by atoms with van der Waals surface area (Å²) in [7, 11) is 0. The standard InChI is InChI=1S/C12H14Cl2N2O/c1-2-16(7-8-3-4-8)12(17)9-5-11(14)15-6-10(9)13/h5-6,8H,2-4,7H2,1H3. The Bertz CT molecular complexity index is 433. The molecule has 1 aliphatic rings. The molecule has 0 N–H and O–H groups in total. The predicted molar refractivity (Wildman–Crippen MR) is 68.6 cm³/mol. The van der Waals surface area contributed by atoms with Crippen LogP contribution in [0.25, 0.3) is 0 Å². The van der Waals surface area contributed by atoms with Crippen molar-refractivity contribution in [2.24, 2.45) is 5.92 Å². The van der Waals surface area contributed by atoms with E-state index in [0.29, 0.717) is 28.2 Å². The molecule has 5 heteroatoms. The van der Waals surface area contributed by atoms with Crippen molar-refractivity contribution in [1.29, 1.82) is 0 Å². The van der Waals surface area contributed by atoms with Crippen molar-refractivity contribution in [3.63, 3.8) is 0 Å². The van der Waals surface area contributed by atoms with Crippen LogP contribution in [0.15, 0.2) is 12.3 Å². The van der Waals surface area contributed by atoms with Gasteiger partial charge in [-0.3, -0.25) is 4.79 Å². The van der Waals surface area contributed by atoms with E-state index in [1.807, 2.05) is 11.8 Å². The Labute approximate surface area is 111 Å². The normalized spacial score (nSPS) is 14.8. The van der Waals surface area contributed by atoms with Gasteiger partial charge in [-0.15, -0.1) is 0 Å². The van der Waals surface area contributed by atoms with Crippen molar-refractivity contribution in [1.82, 2.24) is 9.88 Å². The van der Waals surface area contributed by atoms with Crippen LogP contribution in [-0.2, 0) is 0 Å². The lowest BCUT2D eigenvalue weighted by molar-refractivity contribution is 0.0757. The lowest BCUT2D eigenvalue weighted by Gasteiger charge is -2.21. The van der Waals surface area contributed by atoms with E-state index in [0.717, 1.165) is 6.54 Å². The van der Waals surface area contributed by atoms with Crippen LogP contribution in [0.4, 0.5) is 0 Å². The number of amides is 1. The molecule has 1 aromatic rings. The number of carbonyl (C=O) groups is 1.